The Hall–Kier alpha value is -2.29. The average Bonchev–Trinajstić information content (AvgIpc) is 2.80. The molecule has 2 aromatic carbocycles. The van der Waals surface area contributed by atoms with Gasteiger partial charge in [-0.2, -0.15) is 0 Å². The van der Waals surface area contributed by atoms with Gasteiger partial charge < -0.3 is 10.3 Å². The van der Waals surface area contributed by atoms with E-state index in [0.717, 1.165) is 16.8 Å². The Bertz CT molecular complexity index is 723. The quantitative estimate of drug-likeness (QED) is 0.743. The van der Waals surface area contributed by atoms with Gasteiger partial charge in [0.15, 0.2) is 0 Å². The van der Waals surface area contributed by atoms with Gasteiger partial charge in [0.2, 0.25) is 5.88 Å². The van der Waals surface area contributed by atoms with E-state index < -0.39 is 0 Å². The summed E-state index contributed by atoms with van der Waals surface area (Å²) < 4.78 is 5.19. The van der Waals surface area contributed by atoms with E-state index in [0.29, 0.717) is 5.88 Å². The summed E-state index contributed by atoms with van der Waals surface area (Å²) in [5.41, 5.74) is 8.80. The molecule has 0 amide bonds. The van der Waals surface area contributed by atoms with Crippen LogP contribution < -0.4 is 5.73 Å². The molecule has 0 spiro atoms. The maximum absolute atomic E-state index is 5.89. The predicted octanol–water partition coefficient (Wildman–Crippen LogP) is 4.20. The molecule has 0 bridgehead atoms. The summed E-state index contributed by atoms with van der Waals surface area (Å²) in [7, 11) is 0. The molecule has 2 N–H and O–H groups in total. The Balaban J connectivity index is 2.31. The van der Waals surface area contributed by atoms with E-state index >= 15 is 0 Å². The van der Waals surface area contributed by atoms with Gasteiger partial charge in [-0.15, -0.1) is 0 Å². The van der Waals surface area contributed by atoms with Gasteiger partial charge in [-0.3, -0.25) is 0 Å². The van der Waals surface area contributed by atoms with E-state index in [4.69, 9.17) is 10.3 Å². The van der Waals surface area contributed by atoms with E-state index in [1.54, 1.807) is 0 Å². The maximum Gasteiger partial charge on any atom is 0.226 e. The summed E-state index contributed by atoms with van der Waals surface area (Å²) in [6.07, 6.45) is 0. The fourth-order valence-corrected chi connectivity index (χ4v) is 2.49. The van der Waals surface area contributed by atoms with Crippen LogP contribution in [0.25, 0.3) is 22.0 Å². The first kappa shape index (κ1) is 11.8. The van der Waals surface area contributed by atoms with Crippen LogP contribution >= 0.6 is 0 Å². The van der Waals surface area contributed by atoms with Crippen LogP contribution in [0.5, 0.6) is 0 Å². The first-order chi connectivity index (χ1) is 9.18. The lowest BCUT2D eigenvalue weighted by atomic mass is 9.95. The fourth-order valence-electron chi connectivity index (χ4n) is 2.49. The van der Waals surface area contributed by atoms with E-state index in [1.807, 2.05) is 18.2 Å². The monoisotopic (exact) mass is 252 g/mol. The van der Waals surface area contributed by atoms with Gasteiger partial charge in [-0.05, 0) is 16.7 Å². The summed E-state index contributed by atoms with van der Waals surface area (Å²) in [6, 6.07) is 14.4. The van der Waals surface area contributed by atoms with Crippen LogP contribution in [0.2, 0.25) is 0 Å². The van der Waals surface area contributed by atoms with Crippen LogP contribution in [0.15, 0.2) is 47.0 Å². The van der Waals surface area contributed by atoms with Crippen molar-refractivity contribution in [3.05, 3.63) is 48.0 Å². The average molecular weight is 252 g/mol. The highest BCUT2D eigenvalue weighted by atomic mass is 16.5. The highest BCUT2D eigenvalue weighted by Crippen LogP contribution is 2.36. The summed E-state index contributed by atoms with van der Waals surface area (Å²) in [4.78, 5) is 0. The molecule has 0 aliphatic rings. The molecule has 0 aliphatic heterocycles. The Kier molecular flexibility index (Phi) is 2.75. The zero-order valence-electron chi connectivity index (χ0n) is 11.1. The number of hydrogen-bond acceptors (Lipinski definition) is 3. The lowest BCUT2D eigenvalue weighted by molar-refractivity contribution is 0.438. The van der Waals surface area contributed by atoms with E-state index in [9.17, 15) is 0 Å². The van der Waals surface area contributed by atoms with Crippen LogP contribution in [-0.4, -0.2) is 5.16 Å². The lowest BCUT2D eigenvalue weighted by Crippen LogP contribution is -1.95. The molecule has 1 heterocycles. The molecule has 3 heteroatoms. The van der Waals surface area contributed by atoms with Crippen LogP contribution in [-0.2, 0) is 0 Å². The van der Waals surface area contributed by atoms with Crippen molar-refractivity contribution in [1.29, 1.82) is 0 Å². The number of benzene rings is 2. The van der Waals surface area contributed by atoms with Crippen LogP contribution in [0.4, 0.5) is 5.88 Å². The topological polar surface area (TPSA) is 52.0 Å². The van der Waals surface area contributed by atoms with Crippen molar-refractivity contribution in [3.63, 3.8) is 0 Å². The number of hydrogen-bond donors (Lipinski definition) is 1. The number of nitrogens with two attached hydrogens (primary N) is 1. The molecule has 0 saturated heterocycles. The van der Waals surface area contributed by atoms with Gasteiger partial charge in [-0.1, -0.05) is 61.5 Å². The first-order valence-corrected chi connectivity index (χ1v) is 6.41. The number of anilines is 1. The number of aromatic nitrogens is 1. The zero-order chi connectivity index (χ0) is 13.4. The Morgan fingerprint density at radius 2 is 1.79 bits per heavy atom. The fraction of sp³-hybridized carbons (Fsp3) is 0.188. The highest BCUT2D eigenvalue weighted by Gasteiger charge is 2.19. The Morgan fingerprint density at radius 1 is 1.05 bits per heavy atom. The molecule has 19 heavy (non-hydrogen) atoms. The normalized spacial score (nSPS) is 11.3. The molecule has 96 valence electrons. The van der Waals surface area contributed by atoms with Gasteiger partial charge in [-0.25, -0.2) is 0 Å². The second-order valence-corrected chi connectivity index (χ2v) is 4.99. The molecule has 3 rings (SSSR count). The minimum absolute atomic E-state index is 0.278. The molecule has 3 nitrogen and oxygen atoms in total. The molecular formula is C16H16N2O. The van der Waals surface area contributed by atoms with Gasteiger partial charge in [0.25, 0.3) is 0 Å². The second-order valence-electron chi connectivity index (χ2n) is 4.99. The number of rotatable bonds is 2. The first-order valence-electron chi connectivity index (χ1n) is 6.41. The Labute approximate surface area is 112 Å². The van der Waals surface area contributed by atoms with Crippen molar-refractivity contribution in [2.45, 2.75) is 19.8 Å². The molecule has 0 aliphatic carbocycles. The molecule has 0 unspecified atom stereocenters. The van der Waals surface area contributed by atoms with Gasteiger partial charge in [0.1, 0.15) is 5.69 Å². The molecule has 1 aromatic heterocycles. The minimum atomic E-state index is 0.278. The summed E-state index contributed by atoms with van der Waals surface area (Å²) in [5.74, 6) is 0.693. The molecule has 0 radical (unpaired) electrons. The van der Waals surface area contributed by atoms with Crippen molar-refractivity contribution < 1.29 is 4.52 Å². The second kappa shape index (κ2) is 4.43. The summed E-state index contributed by atoms with van der Waals surface area (Å²) in [5, 5.41) is 6.52. The van der Waals surface area contributed by atoms with Crippen LogP contribution in [0, 0.1) is 0 Å². The standard InChI is InChI=1S/C16H16N2O/c1-10(2)14-15(18-19-16(14)17)13-9-5-7-11-6-3-4-8-12(11)13/h3-10H,17H2,1-2H3. The third kappa shape index (κ3) is 1.87. The third-order valence-corrected chi connectivity index (χ3v) is 3.38. The minimum Gasteiger partial charge on any atom is -0.367 e. The lowest BCUT2D eigenvalue weighted by Gasteiger charge is -2.08. The number of nitrogen functional groups attached to an aromatic ring is 1. The van der Waals surface area contributed by atoms with Gasteiger partial charge in [0, 0.05) is 11.1 Å². The molecular weight excluding hydrogens is 236 g/mol. The highest BCUT2D eigenvalue weighted by molar-refractivity contribution is 5.96. The maximum atomic E-state index is 5.89. The number of fused-ring (bicyclic) bond motifs is 1. The van der Waals surface area contributed by atoms with Crippen LogP contribution in [0.1, 0.15) is 25.3 Å². The predicted molar refractivity (Wildman–Crippen MR) is 77.9 cm³/mol. The van der Waals surface area contributed by atoms with E-state index in [1.165, 1.54) is 10.8 Å². The van der Waals surface area contributed by atoms with Crippen molar-refractivity contribution in [2.24, 2.45) is 0 Å². The Morgan fingerprint density at radius 3 is 2.58 bits per heavy atom. The summed E-state index contributed by atoms with van der Waals surface area (Å²) >= 11 is 0. The van der Waals surface area contributed by atoms with Crippen molar-refractivity contribution in [2.75, 3.05) is 5.73 Å². The smallest absolute Gasteiger partial charge is 0.226 e. The van der Waals surface area contributed by atoms with Crippen molar-refractivity contribution in [3.8, 4) is 11.3 Å². The van der Waals surface area contributed by atoms with Gasteiger partial charge in [0.05, 0.1) is 0 Å². The molecule has 0 atom stereocenters. The van der Waals surface area contributed by atoms with E-state index in [-0.39, 0.29) is 5.92 Å². The SMILES string of the molecule is CC(C)c1c(-c2cccc3ccccc23)noc1N. The largest absolute Gasteiger partial charge is 0.367 e. The molecule has 0 saturated carbocycles. The molecule has 3 aromatic rings. The number of nitrogens with zero attached hydrogens (tertiary/aromatic N) is 1. The van der Waals surface area contributed by atoms with E-state index in [2.05, 4.69) is 43.3 Å². The molecule has 0 fully saturated rings. The van der Waals surface area contributed by atoms with Crippen LogP contribution in [0.3, 0.4) is 0 Å². The summed E-state index contributed by atoms with van der Waals surface area (Å²) in [6.45, 7) is 4.19. The van der Waals surface area contributed by atoms with Gasteiger partial charge >= 0.3 is 0 Å². The van der Waals surface area contributed by atoms with Crippen molar-refractivity contribution in [1.82, 2.24) is 5.16 Å². The zero-order valence-corrected chi connectivity index (χ0v) is 11.1. The van der Waals surface area contributed by atoms with Crippen molar-refractivity contribution >= 4 is 16.7 Å². The third-order valence-electron chi connectivity index (χ3n) is 3.38.